The van der Waals surface area contributed by atoms with Crippen LogP contribution in [0.25, 0.3) is 23.5 Å². The summed E-state index contributed by atoms with van der Waals surface area (Å²) in [6.45, 7) is 16.8. The summed E-state index contributed by atoms with van der Waals surface area (Å²) in [5.41, 5.74) is 3.23. The Morgan fingerprint density at radius 3 is 1.97 bits per heavy atom. The molecule has 1 aliphatic rings. The standard InChI is InChI=1S/C18H18N4.C9H16O2.C6H14/c1-14(2)22-20-18(19-21-22)17-11-7-6-10-16(17)13-12-15-8-4-3-5-9-15;1-7(2)9(10)11-8-5-3-4-6-8;1-5(2)6(3)4/h3-14H,1-2H3;7-8H,3-6H2,1-2H3;5-6H,1-4H3/b13-12+;;. The molecule has 6 heteroatoms. The Hall–Kier alpha value is -3.28. The van der Waals surface area contributed by atoms with Crippen LogP contribution in [0.5, 0.6) is 0 Å². The summed E-state index contributed by atoms with van der Waals surface area (Å²) in [5, 5.41) is 12.7. The van der Waals surface area contributed by atoms with E-state index in [9.17, 15) is 4.79 Å². The Morgan fingerprint density at radius 1 is 0.846 bits per heavy atom. The fourth-order valence-corrected chi connectivity index (χ4v) is 3.45. The van der Waals surface area contributed by atoms with Crippen LogP contribution in [0.15, 0.2) is 54.6 Å². The molecule has 4 rings (SSSR count). The van der Waals surface area contributed by atoms with Crippen LogP contribution < -0.4 is 0 Å². The molecule has 212 valence electrons. The smallest absolute Gasteiger partial charge is 0.308 e. The van der Waals surface area contributed by atoms with E-state index in [0.29, 0.717) is 5.82 Å². The number of esters is 1. The molecule has 0 saturated heterocycles. The van der Waals surface area contributed by atoms with Gasteiger partial charge in [0, 0.05) is 5.56 Å². The van der Waals surface area contributed by atoms with Gasteiger partial charge in [-0.05, 0) is 67.7 Å². The molecule has 39 heavy (non-hydrogen) atoms. The van der Waals surface area contributed by atoms with Crippen LogP contribution in [0.4, 0.5) is 0 Å². The largest absolute Gasteiger partial charge is 0.462 e. The van der Waals surface area contributed by atoms with Crippen molar-refractivity contribution in [3.63, 3.8) is 0 Å². The van der Waals surface area contributed by atoms with Gasteiger partial charge in [-0.1, -0.05) is 108 Å². The highest BCUT2D eigenvalue weighted by Crippen LogP contribution is 2.23. The van der Waals surface area contributed by atoms with Gasteiger partial charge in [0.05, 0.1) is 12.0 Å². The van der Waals surface area contributed by atoms with Crippen molar-refractivity contribution in [2.24, 2.45) is 17.8 Å². The summed E-state index contributed by atoms with van der Waals surface area (Å²) in [5.74, 6) is 2.34. The molecule has 3 aromatic rings. The summed E-state index contributed by atoms with van der Waals surface area (Å²) in [6, 6.07) is 18.5. The summed E-state index contributed by atoms with van der Waals surface area (Å²) >= 11 is 0. The van der Waals surface area contributed by atoms with Crippen molar-refractivity contribution >= 4 is 18.1 Å². The first kappa shape index (κ1) is 31.9. The van der Waals surface area contributed by atoms with Gasteiger partial charge in [-0.2, -0.15) is 4.80 Å². The van der Waals surface area contributed by atoms with Crippen molar-refractivity contribution in [2.45, 2.75) is 93.2 Å². The summed E-state index contributed by atoms with van der Waals surface area (Å²) < 4.78 is 5.23. The number of carbonyl (C=O) groups excluding carboxylic acids is 1. The Balaban J connectivity index is 0.000000261. The topological polar surface area (TPSA) is 69.9 Å². The number of aromatic nitrogens is 4. The van der Waals surface area contributed by atoms with Gasteiger partial charge in [-0.15, -0.1) is 10.2 Å². The first-order chi connectivity index (χ1) is 18.6. The van der Waals surface area contributed by atoms with Crippen molar-refractivity contribution in [1.82, 2.24) is 20.2 Å². The minimum atomic E-state index is -0.0445. The van der Waals surface area contributed by atoms with Crippen LogP contribution in [0, 0.1) is 17.8 Å². The van der Waals surface area contributed by atoms with Crippen LogP contribution >= 0.6 is 0 Å². The van der Waals surface area contributed by atoms with E-state index in [2.05, 4.69) is 73.5 Å². The molecule has 0 radical (unpaired) electrons. The highest BCUT2D eigenvalue weighted by Gasteiger charge is 2.20. The number of benzene rings is 2. The van der Waals surface area contributed by atoms with Gasteiger partial charge in [0.1, 0.15) is 6.10 Å². The molecule has 0 aliphatic heterocycles. The molecule has 0 bridgehead atoms. The SMILES string of the molecule is CC(C)C(=O)OC1CCCC1.CC(C)C(C)C.CC(C)n1nnc(-c2ccccc2/C=C/c2ccccc2)n1. The van der Waals surface area contributed by atoms with Gasteiger partial charge in [0.15, 0.2) is 0 Å². The predicted octanol–water partition coefficient (Wildman–Crippen LogP) is 8.52. The van der Waals surface area contributed by atoms with Crippen LogP contribution in [-0.2, 0) is 9.53 Å². The van der Waals surface area contributed by atoms with E-state index < -0.39 is 0 Å². The molecule has 0 N–H and O–H groups in total. The van der Waals surface area contributed by atoms with Gasteiger partial charge in [-0.25, -0.2) is 0 Å². The second kappa shape index (κ2) is 16.6. The molecule has 1 fully saturated rings. The third kappa shape index (κ3) is 11.6. The lowest BCUT2D eigenvalue weighted by Gasteiger charge is -2.12. The van der Waals surface area contributed by atoms with Gasteiger partial charge >= 0.3 is 5.97 Å². The molecule has 1 aliphatic carbocycles. The van der Waals surface area contributed by atoms with E-state index in [0.717, 1.165) is 41.4 Å². The lowest BCUT2D eigenvalue weighted by atomic mass is 10.0. The van der Waals surface area contributed by atoms with E-state index in [-0.39, 0.29) is 24.0 Å². The van der Waals surface area contributed by atoms with Crippen molar-refractivity contribution in [3.05, 3.63) is 65.7 Å². The quantitative estimate of drug-likeness (QED) is 0.225. The minimum absolute atomic E-state index is 0.0237. The molecule has 2 aromatic carbocycles. The Morgan fingerprint density at radius 2 is 1.44 bits per heavy atom. The lowest BCUT2D eigenvalue weighted by molar-refractivity contribution is -0.152. The zero-order chi connectivity index (χ0) is 28.8. The van der Waals surface area contributed by atoms with Crippen molar-refractivity contribution < 1.29 is 9.53 Å². The zero-order valence-electron chi connectivity index (χ0n) is 25.2. The first-order valence-corrected chi connectivity index (χ1v) is 14.4. The fourth-order valence-electron chi connectivity index (χ4n) is 3.45. The Labute approximate surface area is 235 Å². The maximum Gasteiger partial charge on any atom is 0.308 e. The molecule has 0 spiro atoms. The van der Waals surface area contributed by atoms with Gasteiger partial charge in [0.25, 0.3) is 0 Å². The fraction of sp³-hybridized carbons (Fsp3) is 0.515. The Bertz CT molecular complexity index is 1120. The third-order valence-corrected chi connectivity index (χ3v) is 6.74. The summed E-state index contributed by atoms with van der Waals surface area (Å²) in [4.78, 5) is 12.7. The maximum absolute atomic E-state index is 11.1. The molecule has 0 unspecified atom stereocenters. The van der Waals surface area contributed by atoms with Crippen LogP contribution in [-0.4, -0.2) is 32.3 Å². The average Bonchev–Trinajstić information content (AvgIpc) is 3.62. The highest BCUT2D eigenvalue weighted by molar-refractivity contribution is 5.78. The van der Waals surface area contributed by atoms with E-state index in [4.69, 9.17) is 4.74 Å². The van der Waals surface area contributed by atoms with E-state index in [1.807, 2.05) is 64.1 Å². The monoisotopic (exact) mass is 532 g/mol. The molecular formula is C33H48N4O2. The number of hydrogen-bond acceptors (Lipinski definition) is 5. The molecule has 0 amide bonds. The number of hydrogen-bond donors (Lipinski definition) is 0. The summed E-state index contributed by atoms with van der Waals surface area (Å²) in [7, 11) is 0. The third-order valence-electron chi connectivity index (χ3n) is 6.74. The second-order valence-electron chi connectivity index (χ2n) is 11.3. The minimum Gasteiger partial charge on any atom is -0.462 e. The molecule has 0 atom stereocenters. The first-order valence-electron chi connectivity index (χ1n) is 14.4. The number of tetrazole rings is 1. The number of rotatable bonds is 7. The zero-order valence-corrected chi connectivity index (χ0v) is 25.2. The molecule has 1 saturated carbocycles. The summed E-state index contributed by atoms with van der Waals surface area (Å²) in [6.07, 6.45) is 8.97. The van der Waals surface area contributed by atoms with Crippen LogP contribution in [0.2, 0.25) is 0 Å². The van der Waals surface area contributed by atoms with E-state index in [1.165, 1.54) is 12.8 Å². The molecule has 6 nitrogen and oxygen atoms in total. The van der Waals surface area contributed by atoms with Crippen LogP contribution in [0.3, 0.4) is 0 Å². The lowest BCUT2D eigenvalue weighted by Crippen LogP contribution is -2.18. The van der Waals surface area contributed by atoms with Crippen molar-refractivity contribution in [1.29, 1.82) is 0 Å². The maximum atomic E-state index is 11.1. The number of ether oxygens (including phenoxy) is 1. The second-order valence-corrected chi connectivity index (χ2v) is 11.3. The van der Waals surface area contributed by atoms with Crippen molar-refractivity contribution in [3.8, 4) is 11.4 Å². The number of carbonyl (C=O) groups is 1. The van der Waals surface area contributed by atoms with Crippen molar-refractivity contribution in [2.75, 3.05) is 0 Å². The van der Waals surface area contributed by atoms with Crippen LogP contribution in [0.1, 0.15) is 98.2 Å². The van der Waals surface area contributed by atoms with E-state index >= 15 is 0 Å². The predicted molar refractivity (Wildman–Crippen MR) is 162 cm³/mol. The average molecular weight is 533 g/mol. The Kier molecular flexibility index (Phi) is 13.6. The molecule has 1 heterocycles. The molecular weight excluding hydrogens is 484 g/mol. The molecule has 1 aromatic heterocycles. The van der Waals surface area contributed by atoms with Gasteiger partial charge < -0.3 is 4.74 Å². The van der Waals surface area contributed by atoms with Gasteiger partial charge in [0.2, 0.25) is 5.82 Å². The highest BCUT2D eigenvalue weighted by atomic mass is 16.5. The van der Waals surface area contributed by atoms with Gasteiger partial charge in [-0.3, -0.25) is 4.79 Å². The normalized spacial score (nSPS) is 13.5. The van der Waals surface area contributed by atoms with E-state index in [1.54, 1.807) is 4.80 Å². The number of nitrogens with zero attached hydrogens (tertiary/aromatic N) is 4.